The molecule has 2 N–H and O–H groups in total. The van der Waals surface area contributed by atoms with Gasteiger partial charge in [0.05, 0.1) is 16.8 Å². The zero-order chi connectivity index (χ0) is 10.4. The Morgan fingerprint density at radius 1 is 1.54 bits per heavy atom. The lowest BCUT2D eigenvalue weighted by atomic mass is 10.4. The second kappa shape index (κ2) is 5.31. The van der Waals surface area contributed by atoms with Gasteiger partial charge in [-0.25, -0.2) is 0 Å². The van der Waals surface area contributed by atoms with Crippen LogP contribution in [0.25, 0.3) is 0 Å². The predicted octanol–water partition coefficient (Wildman–Crippen LogP) is 2.25. The van der Waals surface area contributed by atoms with Crippen LogP contribution in [0.3, 0.4) is 0 Å². The zero-order valence-corrected chi connectivity index (χ0v) is 8.08. The molecule has 1 rings (SSSR count). The standard InChI is InChI=1S/C5H4ClN3O2.C2H6/c6-5-3(7)1-8-2-4(5)9(10)11;1-2/h1-2H,7H2;1-2H3. The first-order valence-electron chi connectivity index (χ1n) is 3.66. The van der Waals surface area contributed by atoms with Gasteiger partial charge in [0, 0.05) is 0 Å². The molecule has 0 aliphatic rings. The number of aromatic nitrogens is 1. The summed E-state index contributed by atoms with van der Waals surface area (Å²) in [5.74, 6) is 0. The Morgan fingerprint density at radius 3 is 2.46 bits per heavy atom. The molecular weight excluding hydrogens is 194 g/mol. The van der Waals surface area contributed by atoms with Gasteiger partial charge >= 0.3 is 5.69 Å². The van der Waals surface area contributed by atoms with E-state index in [1.807, 2.05) is 13.8 Å². The monoisotopic (exact) mass is 203 g/mol. The van der Waals surface area contributed by atoms with Crippen LogP contribution in [0.4, 0.5) is 11.4 Å². The minimum absolute atomic E-state index is 0.0648. The number of pyridine rings is 1. The van der Waals surface area contributed by atoms with Gasteiger partial charge in [0.1, 0.15) is 11.2 Å². The van der Waals surface area contributed by atoms with Crippen molar-refractivity contribution >= 4 is 23.0 Å². The molecule has 0 fully saturated rings. The number of nitrogen functional groups attached to an aromatic ring is 1. The number of hydrogen-bond donors (Lipinski definition) is 1. The van der Waals surface area contributed by atoms with E-state index in [1.54, 1.807) is 0 Å². The van der Waals surface area contributed by atoms with E-state index < -0.39 is 4.92 Å². The summed E-state index contributed by atoms with van der Waals surface area (Å²) < 4.78 is 0. The fourth-order valence-electron chi connectivity index (χ4n) is 0.577. The molecule has 0 bridgehead atoms. The first kappa shape index (κ1) is 11.6. The van der Waals surface area contributed by atoms with Crippen LogP contribution in [-0.2, 0) is 0 Å². The highest BCUT2D eigenvalue weighted by atomic mass is 35.5. The van der Waals surface area contributed by atoms with E-state index in [9.17, 15) is 10.1 Å². The maximum absolute atomic E-state index is 10.2. The van der Waals surface area contributed by atoms with Crippen molar-refractivity contribution in [1.29, 1.82) is 0 Å². The van der Waals surface area contributed by atoms with Gasteiger partial charge in [-0.3, -0.25) is 15.1 Å². The lowest BCUT2D eigenvalue weighted by Crippen LogP contribution is -1.94. The van der Waals surface area contributed by atoms with E-state index in [4.69, 9.17) is 17.3 Å². The van der Waals surface area contributed by atoms with Crippen molar-refractivity contribution in [3.8, 4) is 0 Å². The van der Waals surface area contributed by atoms with Crippen LogP contribution in [0.1, 0.15) is 13.8 Å². The van der Waals surface area contributed by atoms with Gasteiger partial charge in [0.2, 0.25) is 0 Å². The molecule has 0 unspecified atom stereocenters. The molecule has 72 valence electrons. The first-order valence-corrected chi connectivity index (χ1v) is 4.04. The van der Waals surface area contributed by atoms with Gasteiger partial charge in [-0.15, -0.1) is 0 Å². The first-order chi connectivity index (χ1) is 6.13. The highest BCUT2D eigenvalue weighted by Crippen LogP contribution is 2.27. The molecular formula is C7H10ClN3O2. The van der Waals surface area contributed by atoms with Gasteiger partial charge in [-0.05, 0) is 0 Å². The predicted molar refractivity (Wildman–Crippen MR) is 51.7 cm³/mol. The summed E-state index contributed by atoms with van der Waals surface area (Å²) in [6.07, 6.45) is 2.31. The van der Waals surface area contributed by atoms with E-state index >= 15 is 0 Å². The smallest absolute Gasteiger partial charge is 0.308 e. The summed E-state index contributed by atoms with van der Waals surface area (Å²) >= 11 is 5.48. The summed E-state index contributed by atoms with van der Waals surface area (Å²) in [6.45, 7) is 4.00. The van der Waals surface area contributed by atoms with Crippen molar-refractivity contribution in [2.45, 2.75) is 13.8 Å². The van der Waals surface area contributed by atoms with Crippen molar-refractivity contribution in [2.75, 3.05) is 5.73 Å². The maximum atomic E-state index is 10.2. The molecule has 0 atom stereocenters. The lowest BCUT2D eigenvalue weighted by Gasteiger charge is -1.95. The fraction of sp³-hybridized carbons (Fsp3) is 0.286. The quantitative estimate of drug-likeness (QED) is 0.561. The molecule has 0 spiro atoms. The second-order valence-electron chi connectivity index (χ2n) is 1.82. The van der Waals surface area contributed by atoms with Crippen LogP contribution in [-0.4, -0.2) is 9.91 Å². The van der Waals surface area contributed by atoms with Gasteiger partial charge in [-0.2, -0.15) is 0 Å². The largest absolute Gasteiger partial charge is 0.396 e. The second-order valence-corrected chi connectivity index (χ2v) is 2.20. The third kappa shape index (κ3) is 2.87. The summed E-state index contributed by atoms with van der Waals surface area (Å²) in [5.41, 5.74) is 5.10. The minimum atomic E-state index is -0.633. The molecule has 0 radical (unpaired) electrons. The molecule has 0 saturated carbocycles. The number of halogens is 1. The Balaban J connectivity index is 0.000000671. The van der Waals surface area contributed by atoms with Crippen LogP contribution in [0.5, 0.6) is 0 Å². The molecule has 0 aliphatic carbocycles. The van der Waals surface area contributed by atoms with Gasteiger partial charge < -0.3 is 5.73 Å². The Hall–Kier alpha value is -1.36. The highest BCUT2D eigenvalue weighted by Gasteiger charge is 2.13. The van der Waals surface area contributed by atoms with Crippen LogP contribution < -0.4 is 5.73 Å². The summed E-state index contributed by atoms with van der Waals surface area (Å²) in [4.78, 5) is 13.1. The molecule has 13 heavy (non-hydrogen) atoms. The van der Waals surface area contributed by atoms with Crippen molar-refractivity contribution in [1.82, 2.24) is 4.98 Å². The number of nitrogens with zero attached hydrogens (tertiary/aromatic N) is 2. The van der Waals surface area contributed by atoms with Crippen LogP contribution in [0.15, 0.2) is 12.4 Å². The Kier molecular flexibility index (Phi) is 4.76. The molecule has 0 aromatic carbocycles. The van der Waals surface area contributed by atoms with Crippen molar-refractivity contribution in [2.24, 2.45) is 0 Å². The van der Waals surface area contributed by atoms with Gasteiger partial charge in [0.15, 0.2) is 0 Å². The van der Waals surface area contributed by atoms with Gasteiger partial charge in [-0.1, -0.05) is 25.4 Å². The van der Waals surface area contributed by atoms with Crippen molar-refractivity contribution in [3.63, 3.8) is 0 Å². The molecule has 1 heterocycles. The molecule has 0 amide bonds. The average molecular weight is 204 g/mol. The molecule has 0 aliphatic heterocycles. The van der Waals surface area contributed by atoms with Gasteiger partial charge in [0.25, 0.3) is 0 Å². The third-order valence-electron chi connectivity index (χ3n) is 1.09. The Bertz CT molecular complexity index is 304. The van der Waals surface area contributed by atoms with Crippen LogP contribution >= 0.6 is 11.6 Å². The number of nitro groups is 1. The number of anilines is 1. The summed E-state index contributed by atoms with van der Waals surface area (Å²) in [5, 5.41) is 10.1. The number of hydrogen-bond acceptors (Lipinski definition) is 4. The fourth-order valence-corrected chi connectivity index (χ4v) is 0.743. The molecule has 0 saturated heterocycles. The molecule has 5 nitrogen and oxygen atoms in total. The number of nitrogens with two attached hydrogens (primary N) is 1. The van der Waals surface area contributed by atoms with Crippen LogP contribution in [0, 0.1) is 10.1 Å². The minimum Gasteiger partial charge on any atom is -0.396 e. The molecule has 1 aromatic heterocycles. The molecule has 1 aromatic rings. The maximum Gasteiger partial charge on any atom is 0.308 e. The van der Waals surface area contributed by atoms with E-state index in [2.05, 4.69) is 4.98 Å². The Labute approximate surface area is 80.7 Å². The van der Waals surface area contributed by atoms with Crippen molar-refractivity contribution < 1.29 is 4.92 Å². The van der Waals surface area contributed by atoms with E-state index in [0.717, 1.165) is 6.20 Å². The Morgan fingerprint density at radius 2 is 2.08 bits per heavy atom. The topological polar surface area (TPSA) is 82.0 Å². The van der Waals surface area contributed by atoms with E-state index in [1.165, 1.54) is 6.20 Å². The average Bonchev–Trinajstić information content (AvgIpc) is 2.13. The normalized spacial score (nSPS) is 8.54. The zero-order valence-electron chi connectivity index (χ0n) is 7.32. The third-order valence-corrected chi connectivity index (χ3v) is 1.50. The van der Waals surface area contributed by atoms with E-state index in [-0.39, 0.29) is 16.4 Å². The van der Waals surface area contributed by atoms with Crippen molar-refractivity contribution in [3.05, 3.63) is 27.5 Å². The summed E-state index contributed by atoms with van der Waals surface area (Å²) in [7, 11) is 0. The van der Waals surface area contributed by atoms with Crippen LogP contribution in [0.2, 0.25) is 5.02 Å². The SMILES string of the molecule is CC.Nc1cncc([N+](=O)[O-])c1Cl. The summed E-state index contributed by atoms with van der Waals surface area (Å²) in [6, 6.07) is 0. The number of rotatable bonds is 1. The van der Waals surface area contributed by atoms with E-state index in [0.29, 0.717) is 0 Å². The molecule has 6 heteroatoms. The lowest BCUT2D eigenvalue weighted by molar-refractivity contribution is -0.385. The highest BCUT2D eigenvalue weighted by molar-refractivity contribution is 6.35.